The molecule has 0 saturated carbocycles. The number of thiophene rings is 1. The molecule has 0 aliphatic carbocycles. The minimum atomic E-state index is -3.76. The molecule has 1 saturated heterocycles. The van der Waals surface area contributed by atoms with Gasteiger partial charge >= 0.3 is 0 Å². The van der Waals surface area contributed by atoms with Crippen molar-refractivity contribution in [2.75, 3.05) is 43.6 Å². The lowest BCUT2D eigenvalue weighted by atomic mass is 9.98. The van der Waals surface area contributed by atoms with Gasteiger partial charge in [-0.3, -0.25) is 14.6 Å². The molecule has 11 heteroatoms. The molecular formula is C30H30N4O5S2. The Morgan fingerprint density at radius 2 is 2.00 bits per heavy atom. The lowest BCUT2D eigenvalue weighted by molar-refractivity contribution is -0.120. The van der Waals surface area contributed by atoms with Crippen LogP contribution < -0.4 is 10.2 Å². The fourth-order valence-electron chi connectivity index (χ4n) is 5.59. The van der Waals surface area contributed by atoms with Crippen LogP contribution in [-0.4, -0.2) is 62.9 Å². The Hall–Kier alpha value is -3.64. The Morgan fingerprint density at radius 1 is 1.12 bits per heavy atom. The van der Waals surface area contributed by atoms with Crippen molar-refractivity contribution >= 4 is 55.3 Å². The molecule has 1 atom stereocenters. The summed E-state index contributed by atoms with van der Waals surface area (Å²) in [5, 5.41) is 4.65. The molecule has 1 unspecified atom stereocenters. The first kappa shape index (κ1) is 27.5. The van der Waals surface area contributed by atoms with Crippen molar-refractivity contribution in [1.82, 2.24) is 9.29 Å². The summed E-state index contributed by atoms with van der Waals surface area (Å²) >= 11 is 1.18. The third-order valence-electron chi connectivity index (χ3n) is 7.62. The van der Waals surface area contributed by atoms with E-state index in [1.807, 2.05) is 48.5 Å². The fraction of sp³-hybridized carbons (Fsp3) is 0.300. The van der Waals surface area contributed by atoms with Crippen molar-refractivity contribution < 1.29 is 22.7 Å². The highest BCUT2D eigenvalue weighted by Gasteiger charge is 2.35. The first-order valence-electron chi connectivity index (χ1n) is 13.6. The molecule has 0 bridgehead atoms. The largest absolute Gasteiger partial charge is 0.385 e. The second kappa shape index (κ2) is 11.3. The Labute approximate surface area is 242 Å². The molecule has 4 aromatic rings. The Kier molecular flexibility index (Phi) is 7.60. The van der Waals surface area contributed by atoms with Crippen LogP contribution in [0.5, 0.6) is 0 Å². The number of nitrogens with one attached hydrogen (secondary N) is 1. The molecule has 4 heterocycles. The van der Waals surface area contributed by atoms with Gasteiger partial charge in [0.15, 0.2) is 0 Å². The van der Waals surface area contributed by atoms with Gasteiger partial charge in [-0.05, 0) is 61.7 Å². The number of carbonyl (C=O) groups excluding carboxylic acids is 2. The molecule has 6 rings (SSSR count). The van der Waals surface area contributed by atoms with Gasteiger partial charge in [0.05, 0.1) is 22.2 Å². The number of amides is 2. The van der Waals surface area contributed by atoms with Crippen LogP contribution in [0.1, 0.15) is 29.6 Å². The van der Waals surface area contributed by atoms with E-state index in [1.165, 1.54) is 15.6 Å². The second-order valence-electron chi connectivity index (χ2n) is 10.2. The van der Waals surface area contributed by atoms with E-state index in [1.54, 1.807) is 30.3 Å². The number of methoxy groups -OCH3 is 1. The molecule has 9 nitrogen and oxygen atoms in total. The average Bonchev–Trinajstić information content (AvgIpc) is 3.61. The fourth-order valence-corrected chi connectivity index (χ4v) is 8.55. The number of piperidine rings is 1. The van der Waals surface area contributed by atoms with E-state index < -0.39 is 15.9 Å². The summed E-state index contributed by atoms with van der Waals surface area (Å²) in [6.07, 6.45) is 3.57. The third kappa shape index (κ3) is 5.14. The zero-order valence-electron chi connectivity index (χ0n) is 22.6. The van der Waals surface area contributed by atoms with Gasteiger partial charge in [-0.1, -0.05) is 18.2 Å². The normalized spacial score (nSPS) is 17.3. The number of ether oxygens (including phenoxy) is 1. The molecule has 41 heavy (non-hydrogen) atoms. The van der Waals surface area contributed by atoms with Gasteiger partial charge in [-0.25, -0.2) is 8.42 Å². The average molecular weight is 591 g/mol. The number of pyridine rings is 1. The molecule has 2 aromatic carbocycles. The number of benzene rings is 2. The van der Waals surface area contributed by atoms with E-state index in [0.717, 1.165) is 27.0 Å². The first-order chi connectivity index (χ1) is 19.9. The number of carbonyl (C=O) groups is 2. The van der Waals surface area contributed by atoms with Gasteiger partial charge in [0, 0.05) is 61.6 Å². The highest BCUT2D eigenvalue weighted by atomic mass is 32.2. The molecular weight excluding hydrogens is 560 g/mol. The summed E-state index contributed by atoms with van der Waals surface area (Å²) in [6.45, 7) is 1.58. The minimum absolute atomic E-state index is 0.0573. The van der Waals surface area contributed by atoms with Crippen LogP contribution in [0.15, 0.2) is 71.1 Å². The maximum atomic E-state index is 13.5. The van der Waals surface area contributed by atoms with E-state index in [9.17, 15) is 18.0 Å². The van der Waals surface area contributed by atoms with Crippen molar-refractivity contribution in [3.05, 3.63) is 72.4 Å². The SMILES string of the molecule is COCCCN1C(=O)c2cccc3c(NC(=O)C4CCCN(S(=O)(=O)c5ccc(-c6ccccn6)s5)C4)ccc1c23. The molecule has 2 aliphatic heterocycles. The zero-order valence-corrected chi connectivity index (χ0v) is 24.2. The highest BCUT2D eigenvalue weighted by molar-refractivity contribution is 7.91. The molecule has 212 valence electrons. The number of hydrogen-bond donors (Lipinski definition) is 1. The molecule has 2 aliphatic rings. The van der Waals surface area contributed by atoms with E-state index >= 15 is 0 Å². The molecule has 1 N–H and O–H groups in total. The van der Waals surface area contributed by atoms with Gasteiger partial charge in [0.25, 0.3) is 15.9 Å². The summed E-state index contributed by atoms with van der Waals surface area (Å²) in [5.41, 5.74) is 2.77. The summed E-state index contributed by atoms with van der Waals surface area (Å²) in [6, 6.07) is 18.1. The van der Waals surface area contributed by atoms with Crippen LogP contribution in [-0.2, 0) is 19.6 Å². The van der Waals surface area contributed by atoms with Crippen molar-refractivity contribution in [2.24, 2.45) is 5.92 Å². The molecule has 0 radical (unpaired) electrons. The summed E-state index contributed by atoms with van der Waals surface area (Å²) < 4.78 is 33.8. The number of hydrogen-bond acceptors (Lipinski definition) is 7. The number of aromatic nitrogens is 1. The number of rotatable bonds is 9. The van der Waals surface area contributed by atoms with E-state index in [0.29, 0.717) is 50.2 Å². The van der Waals surface area contributed by atoms with Crippen LogP contribution in [0.2, 0.25) is 0 Å². The zero-order chi connectivity index (χ0) is 28.6. The predicted octanol–water partition coefficient (Wildman–Crippen LogP) is 5.00. The van der Waals surface area contributed by atoms with Crippen LogP contribution in [0.3, 0.4) is 0 Å². The molecule has 0 spiro atoms. The van der Waals surface area contributed by atoms with Gasteiger partial charge in [-0.15, -0.1) is 11.3 Å². The van der Waals surface area contributed by atoms with Gasteiger partial charge < -0.3 is 15.0 Å². The maximum Gasteiger partial charge on any atom is 0.258 e. The van der Waals surface area contributed by atoms with Crippen molar-refractivity contribution in [3.8, 4) is 10.6 Å². The molecule has 2 aromatic heterocycles. The smallest absolute Gasteiger partial charge is 0.258 e. The van der Waals surface area contributed by atoms with Gasteiger partial charge in [0.2, 0.25) is 5.91 Å². The Bertz CT molecular complexity index is 1720. The Balaban J connectivity index is 1.20. The van der Waals surface area contributed by atoms with E-state index in [-0.39, 0.29) is 22.6 Å². The topological polar surface area (TPSA) is 109 Å². The van der Waals surface area contributed by atoms with E-state index in [4.69, 9.17) is 4.74 Å². The quantitative estimate of drug-likeness (QED) is 0.275. The van der Waals surface area contributed by atoms with E-state index in [2.05, 4.69) is 10.3 Å². The summed E-state index contributed by atoms with van der Waals surface area (Å²) in [7, 11) is -2.12. The van der Waals surface area contributed by atoms with Crippen molar-refractivity contribution in [1.29, 1.82) is 0 Å². The number of sulfonamides is 1. The third-order valence-corrected chi connectivity index (χ3v) is 11.1. The minimum Gasteiger partial charge on any atom is -0.385 e. The Morgan fingerprint density at radius 3 is 2.80 bits per heavy atom. The summed E-state index contributed by atoms with van der Waals surface area (Å²) in [4.78, 5) is 33.4. The summed E-state index contributed by atoms with van der Waals surface area (Å²) in [5.74, 6) is -0.783. The first-order valence-corrected chi connectivity index (χ1v) is 15.8. The van der Waals surface area contributed by atoms with Crippen LogP contribution in [0, 0.1) is 5.92 Å². The van der Waals surface area contributed by atoms with Crippen molar-refractivity contribution in [2.45, 2.75) is 23.5 Å². The lowest BCUT2D eigenvalue weighted by Gasteiger charge is -2.31. The number of nitrogens with zero attached hydrogens (tertiary/aromatic N) is 3. The van der Waals surface area contributed by atoms with Crippen LogP contribution in [0.25, 0.3) is 21.3 Å². The van der Waals surface area contributed by atoms with Crippen molar-refractivity contribution in [3.63, 3.8) is 0 Å². The lowest BCUT2D eigenvalue weighted by Crippen LogP contribution is -2.43. The van der Waals surface area contributed by atoms with Gasteiger partial charge in [-0.2, -0.15) is 4.31 Å². The molecule has 2 amide bonds. The highest BCUT2D eigenvalue weighted by Crippen LogP contribution is 2.41. The molecule has 1 fully saturated rings. The van der Waals surface area contributed by atoms with Crippen LogP contribution in [0.4, 0.5) is 11.4 Å². The van der Waals surface area contributed by atoms with Gasteiger partial charge in [0.1, 0.15) is 4.21 Å². The second-order valence-corrected chi connectivity index (χ2v) is 13.4. The monoisotopic (exact) mass is 590 g/mol. The maximum absolute atomic E-state index is 13.5. The van der Waals surface area contributed by atoms with Crippen LogP contribution >= 0.6 is 11.3 Å². The predicted molar refractivity (Wildman–Crippen MR) is 160 cm³/mol. The standard InChI is InChI=1S/C30H30N4O5S2/c1-39-18-6-17-34-25-12-11-23(21-8-4-9-22(28(21)25)30(34)36)32-29(35)20-7-5-16-33(19-20)41(37,38)27-14-13-26(40-27)24-10-2-3-15-31-24/h2-4,8-15,20H,5-7,16-19H2,1H3,(H,32,35). The number of anilines is 2.